The molecule has 1 amide bonds. The quantitative estimate of drug-likeness (QED) is 0.802. The minimum Gasteiger partial charge on any atom is -0.356 e. The second-order valence-corrected chi connectivity index (χ2v) is 4.99. The molecule has 0 unspecified atom stereocenters. The number of pyridine rings is 1. The van der Waals surface area contributed by atoms with Crippen LogP contribution in [-0.4, -0.2) is 16.0 Å². The third-order valence-electron chi connectivity index (χ3n) is 3.06. The molecule has 0 atom stereocenters. The molecule has 3 aromatic rings. The summed E-state index contributed by atoms with van der Waals surface area (Å²) in [6.45, 7) is 0.258. The van der Waals surface area contributed by atoms with Crippen LogP contribution < -0.4 is 5.32 Å². The lowest BCUT2D eigenvalue weighted by atomic mass is 10.1. The van der Waals surface area contributed by atoms with Gasteiger partial charge < -0.3 is 9.84 Å². The second kappa shape index (κ2) is 6.41. The van der Waals surface area contributed by atoms with Crippen molar-refractivity contribution >= 4 is 17.5 Å². The number of amides is 1. The number of hydrogen-bond acceptors (Lipinski definition) is 4. The first-order valence-electron chi connectivity index (χ1n) is 6.63. The molecule has 0 saturated carbocycles. The Balaban J connectivity index is 1.67. The van der Waals surface area contributed by atoms with E-state index in [9.17, 15) is 4.79 Å². The van der Waals surface area contributed by atoms with E-state index in [4.69, 9.17) is 16.1 Å². The summed E-state index contributed by atoms with van der Waals surface area (Å²) >= 11 is 5.93. The van der Waals surface area contributed by atoms with Crippen LogP contribution in [0.4, 0.5) is 0 Å². The Morgan fingerprint density at radius 2 is 2.05 bits per heavy atom. The SMILES string of the molecule is O=C(NCc1cc(-c2ccccc2)on1)c1ccncc1Cl. The highest BCUT2D eigenvalue weighted by Crippen LogP contribution is 2.19. The van der Waals surface area contributed by atoms with Gasteiger partial charge in [-0.05, 0) is 6.07 Å². The van der Waals surface area contributed by atoms with E-state index >= 15 is 0 Å². The van der Waals surface area contributed by atoms with E-state index in [0.717, 1.165) is 5.56 Å². The van der Waals surface area contributed by atoms with Crippen molar-refractivity contribution in [2.75, 3.05) is 0 Å². The van der Waals surface area contributed by atoms with Gasteiger partial charge in [-0.15, -0.1) is 0 Å². The third-order valence-corrected chi connectivity index (χ3v) is 3.37. The molecule has 2 aromatic heterocycles. The van der Waals surface area contributed by atoms with E-state index in [0.29, 0.717) is 22.0 Å². The minimum absolute atomic E-state index is 0.258. The molecule has 0 fully saturated rings. The highest BCUT2D eigenvalue weighted by molar-refractivity contribution is 6.33. The van der Waals surface area contributed by atoms with Gasteiger partial charge in [0.1, 0.15) is 5.69 Å². The van der Waals surface area contributed by atoms with Crippen molar-refractivity contribution < 1.29 is 9.32 Å². The first-order chi connectivity index (χ1) is 10.7. The van der Waals surface area contributed by atoms with Crippen LogP contribution in [0.3, 0.4) is 0 Å². The number of carbonyl (C=O) groups excluding carboxylic acids is 1. The molecule has 0 aliphatic rings. The van der Waals surface area contributed by atoms with Gasteiger partial charge in [0, 0.05) is 24.0 Å². The van der Waals surface area contributed by atoms with E-state index in [1.807, 2.05) is 30.3 Å². The van der Waals surface area contributed by atoms with Crippen molar-refractivity contribution in [3.05, 3.63) is 71.1 Å². The molecule has 0 aliphatic carbocycles. The number of rotatable bonds is 4. The first-order valence-corrected chi connectivity index (χ1v) is 7.00. The van der Waals surface area contributed by atoms with Gasteiger partial charge in [0.2, 0.25) is 0 Å². The smallest absolute Gasteiger partial charge is 0.253 e. The topological polar surface area (TPSA) is 68.0 Å². The molecule has 0 aliphatic heterocycles. The Bertz CT molecular complexity index is 787. The van der Waals surface area contributed by atoms with Gasteiger partial charge in [-0.1, -0.05) is 47.1 Å². The Labute approximate surface area is 131 Å². The molecular formula is C16H12ClN3O2. The fourth-order valence-corrected chi connectivity index (χ4v) is 2.16. The predicted octanol–water partition coefficient (Wildman–Crippen LogP) is 3.32. The molecule has 110 valence electrons. The highest BCUT2D eigenvalue weighted by Gasteiger charge is 2.11. The van der Waals surface area contributed by atoms with Gasteiger partial charge in [-0.2, -0.15) is 0 Å². The van der Waals surface area contributed by atoms with Crippen LogP contribution >= 0.6 is 11.6 Å². The van der Waals surface area contributed by atoms with Crippen LogP contribution in [0, 0.1) is 0 Å². The Kier molecular flexibility index (Phi) is 4.16. The molecular weight excluding hydrogens is 302 g/mol. The van der Waals surface area contributed by atoms with E-state index in [-0.39, 0.29) is 12.5 Å². The van der Waals surface area contributed by atoms with Crippen LogP contribution in [0.5, 0.6) is 0 Å². The second-order valence-electron chi connectivity index (χ2n) is 4.59. The summed E-state index contributed by atoms with van der Waals surface area (Å²) in [6, 6.07) is 13.0. The maximum absolute atomic E-state index is 12.0. The van der Waals surface area contributed by atoms with Crippen LogP contribution in [0.15, 0.2) is 59.4 Å². The average molecular weight is 314 g/mol. The standard InChI is InChI=1S/C16H12ClN3O2/c17-14-10-18-7-6-13(14)16(21)19-9-12-8-15(22-20-12)11-4-2-1-3-5-11/h1-8,10H,9H2,(H,19,21). The van der Waals surface area contributed by atoms with Crippen LogP contribution in [0.2, 0.25) is 5.02 Å². The average Bonchev–Trinajstić information content (AvgIpc) is 3.03. The Hall–Kier alpha value is -2.66. The summed E-state index contributed by atoms with van der Waals surface area (Å²) in [5.74, 6) is 0.378. The summed E-state index contributed by atoms with van der Waals surface area (Å²) < 4.78 is 5.28. The lowest BCUT2D eigenvalue weighted by Crippen LogP contribution is -2.23. The summed E-state index contributed by atoms with van der Waals surface area (Å²) in [6.07, 6.45) is 2.95. The van der Waals surface area contributed by atoms with Crippen molar-refractivity contribution in [1.29, 1.82) is 0 Å². The van der Waals surface area contributed by atoms with E-state index in [1.165, 1.54) is 12.4 Å². The normalized spacial score (nSPS) is 10.4. The van der Waals surface area contributed by atoms with E-state index in [2.05, 4.69) is 15.5 Å². The van der Waals surface area contributed by atoms with E-state index in [1.54, 1.807) is 12.1 Å². The molecule has 6 heteroatoms. The number of hydrogen-bond donors (Lipinski definition) is 1. The zero-order chi connectivity index (χ0) is 15.4. The molecule has 1 N–H and O–H groups in total. The molecule has 0 saturated heterocycles. The number of benzene rings is 1. The number of nitrogens with zero attached hydrogens (tertiary/aromatic N) is 2. The zero-order valence-corrected chi connectivity index (χ0v) is 12.2. The number of aromatic nitrogens is 2. The molecule has 0 spiro atoms. The summed E-state index contributed by atoms with van der Waals surface area (Å²) in [7, 11) is 0. The summed E-state index contributed by atoms with van der Waals surface area (Å²) in [4.78, 5) is 15.9. The zero-order valence-electron chi connectivity index (χ0n) is 11.5. The van der Waals surface area contributed by atoms with Gasteiger partial charge in [0.05, 0.1) is 17.1 Å². The maximum Gasteiger partial charge on any atom is 0.253 e. The lowest BCUT2D eigenvalue weighted by molar-refractivity contribution is 0.0950. The van der Waals surface area contributed by atoms with Crippen molar-refractivity contribution in [3.63, 3.8) is 0 Å². The third kappa shape index (κ3) is 3.15. The molecule has 22 heavy (non-hydrogen) atoms. The van der Waals surface area contributed by atoms with Crippen LogP contribution in [-0.2, 0) is 6.54 Å². The van der Waals surface area contributed by atoms with Crippen molar-refractivity contribution in [1.82, 2.24) is 15.5 Å². The van der Waals surface area contributed by atoms with Gasteiger partial charge in [-0.25, -0.2) is 0 Å². The predicted molar refractivity (Wildman–Crippen MR) is 82.4 cm³/mol. The number of halogens is 1. The summed E-state index contributed by atoms with van der Waals surface area (Å²) in [5.41, 5.74) is 1.95. The largest absolute Gasteiger partial charge is 0.356 e. The minimum atomic E-state index is -0.281. The molecule has 0 bridgehead atoms. The van der Waals surface area contributed by atoms with Crippen LogP contribution in [0.1, 0.15) is 16.1 Å². The molecule has 3 rings (SSSR count). The van der Waals surface area contributed by atoms with Crippen molar-refractivity contribution in [2.24, 2.45) is 0 Å². The van der Waals surface area contributed by atoms with Crippen molar-refractivity contribution in [3.8, 4) is 11.3 Å². The molecule has 2 heterocycles. The van der Waals surface area contributed by atoms with Gasteiger partial charge in [-0.3, -0.25) is 9.78 Å². The molecule has 1 aromatic carbocycles. The Morgan fingerprint density at radius 3 is 2.82 bits per heavy atom. The fourth-order valence-electron chi connectivity index (χ4n) is 1.96. The monoisotopic (exact) mass is 313 g/mol. The highest BCUT2D eigenvalue weighted by atomic mass is 35.5. The summed E-state index contributed by atoms with van der Waals surface area (Å²) in [5, 5.41) is 7.00. The van der Waals surface area contributed by atoms with Gasteiger partial charge >= 0.3 is 0 Å². The molecule has 5 nitrogen and oxygen atoms in total. The Morgan fingerprint density at radius 1 is 1.23 bits per heavy atom. The lowest BCUT2D eigenvalue weighted by Gasteiger charge is -2.03. The van der Waals surface area contributed by atoms with Crippen LogP contribution in [0.25, 0.3) is 11.3 Å². The fraction of sp³-hybridized carbons (Fsp3) is 0.0625. The first kappa shape index (κ1) is 14.3. The molecule has 0 radical (unpaired) electrons. The maximum atomic E-state index is 12.0. The van der Waals surface area contributed by atoms with E-state index < -0.39 is 0 Å². The number of nitrogens with one attached hydrogen (secondary N) is 1. The number of carbonyl (C=O) groups is 1. The van der Waals surface area contributed by atoms with Gasteiger partial charge in [0.25, 0.3) is 5.91 Å². The van der Waals surface area contributed by atoms with Gasteiger partial charge in [0.15, 0.2) is 5.76 Å². The van der Waals surface area contributed by atoms with Crippen molar-refractivity contribution in [2.45, 2.75) is 6.54 Å².